The van der Waals surface area contributed by atoms with E-state index in [1.165, 1.54) is 10.6 Å². The summed E-state index contributed by atoms with van der Waals surface area (Å²) in [5.74, 6) is 0.358. The molecule has 1 fully saturated rings. The van der Waals surface area contributed by atoms with Crippen molar-refractivity contribution in [2.45, 2.75) is 19.1 Å². The van der Waals surface area contributed by atoms with E-state index < -0.39 is 21.1 Å². The van der Waals surface area contributed by atoms with Crippen LogP contribution in [0, 0.1) is 5.82 Å². The minimum absolute atomic E-state index is 0.192. The van der Waals surface area contributed by atoms with Gasteiger partial charge in [-0.1, -0.05) is 0 Å². The number of halogens is 1. The molecule has 0 atom stereocenters. The van der Waals surface area contributed by atoms with Crippen molar-refractivity contribution in [1.82, 2.24) is 14.3 Å². The minimum Gasteiger partial charge on any atom is -0.497 e. The number of anilines is 1. The molecule has 1 aliphatic rings. The largest absolute Gasteiger partial charge is 0.497 e. The first-order valence-corrected chi connectivity index (χ1v) is 10.2. The number of hydrogen-bond donors (Lipinski definition) is 0. The lowest BCUT2D eigenvalue weighted by molar-refractivity contribution is 0.378. The number of ether oxygens (including phenoxy) is 1. The van der Waals surface area contributed by atoms with E-state index in [1.54, 1.807) is 50.1 Å². The second kappa shape index (κ2) is 7.77. The Balaban J connectivity index is 1.81. The summed E-state index contributed by atoms with van der Waals surface area (Å²) in [6.07, 6.45) is 1.33. The van der Waals surface area contributed by atoms with Gasteiger partial charge in [0.1, 0.15) is 17.8 Å². The highest BCUT2D eigenvalue weighted by molar-refractivity contribution is 7.89. The fraction of sp³-hybridized carbons (Fsp3) is 0.444. The molecule has 0 radical (unpaired) electrons. The van der Waals surface area contributed by atoms with E-state index in [9.17, 15) is 8.42 Å². The molecule has 0 unspecified atom stereocenters. The van der Waals surface area contributed by atoms with Gasteiger partial charge in [-0.15, -0.1) is 0 Å². The van der Waals surface area contributed by atoms with Crippen LogP contribution < -0.4 is 9.64 Å². The zero-order valence-electron chi connectivity index (χ0n) is 15.6. The highest BCUT2D eigenvalue weighted by atomic mass is 32.2. The number of piperazine rings is 1. The quantitative estimate of drug-likeness (QED) is 0.774. The molecule has 146 valence electrons. The highest BCUT2D eigenvalue weighted by Gasteiger charge is 2.31. The second-order valence-electron chi connectivity index (χ2n) is 6.57. The summed E-state index contributed by atoms with van der Waals surface area (Å²) in [5, 5.41) is -0.471. The topological polar surface area (TPSA) is 75.6 Å². The number of rotatable bonds is 5. The van der Waals surface area contributed by atoms with Crippen LogP contribution in [0.1, 0.15) is 13.8 Å². The van der Waals surface area contributed by atoms with Gasteiger partial charge in [-0.2, -0.15) is 4.31 Å². The van der Waals surface area contributed by atoms with Gasteiger partial charge in [0.25, 0.3) is 0 Å². The summed E-state index contributed by atoms with van der Waals surface area (Å²) in [5.41, 5.74) is 0.831. The van der Waals surface area contributed by atoms with Gasteiger partial charge in [0, 0.05) is 31.7 Å². The maximum absolute atomic E-state index is 15.1. The van der Waals surface area contributed by atoms with Gasteiger partial charge >= 0.3 is 0 Å². The van der Waals surface area contributed by atoms with E-state index in [2.05, 4.69) is 9.97 Å². The van der Waals surface area contributed by atoms with Crippen LogP contribution in [0.4, 0.5) is 10.2 Å². The van der Waals surface area contributed by atoms with Crippen molar-refractivity contribution in [2.75, 3.05) is 38.2 Å². The van der Waals surface area contributed by atoms with Gasteiger partial charge in [0.2, 0.25) is 10.0 Å². The summed E-state index contributed by atoms with van der Waals surface area (Å²) in [6.45, 7) is 4.69. The van der Waals surface area contributed by atoms with E-state index in [4.69, 9.17) is 4.74 Å². The third kappa shape index (κ3) is 3.89. The number of benzene rings is 1. The van der Waals surface area contributed by atoms with Crippen molar-refractivity contribution < 1.29 is 17.5 Å². The summed E-state index contributed by atoms with van der Waals surface area (Å²) in [4.78, 5) is 9.93. The van der Waals surface area contributed by atoms with Crippen LogP contribution in [0.2, 0.25) is 0 Å². The third-order valence-electron chi connectivity index (χ3n) is 4.63. The molecule has 0 N–H and O–H groups in total. The Hall–Kier alpha value is -2.26. The molecule has 1 aromatic carbocycles. The van der Waals surface area contributed by atoms with Gasteiger partial charge in [-0.05, 0) is 38.1 Å². The Morgan fingerprint density at radius 2 is 1.70 bits per heavy atom. The van der Waals surface area contributed by atoms with Crippen LogP contribution in [0.5, 0.6) is 5.75 Å². The van der Waals surface area contributed by atoms with Crippen molar-refractivity contribution in [3.8, 4) is 17.0 Å². The molecule has 9 heteroatoms. The number of aromatic nitrogens is 2. The van der Waals surface area contributed by atoms with E-state index in [0.29, 0.717) is 37.5 Å². The Bertz CT molecular complexity index is 895. The molecule has 0 saturated carbocycles. The Morgan fingerprint density at radius 1 is 1.07 bits per heavy atom. The monoisotopic (exact) mass is 394 g/mol. The first-order chi connectivity index (χ1) is 12.8. The lowest BCUT2D eigenvalue weighted by atomic mass is 10.1. The van der Waals surface area contributed by atoms with Crippen LogP contribution in [0.15, 0.2) is 30.6 Å². The highest BCUT2D eigenvalue weighted by Crippen LogP contribution is 2.28. The van der Waals surface area contributed by atoms with E-state index in [1.807, 2.05) is 0 Å². The van der Waals surface area contributed by atoms with Gasteiger partial charge < -0.3 is 9.64 Å². The van der Waals surface area contributed by atoms with Crippen LogP contribution in [-0.2, 0) is 10.0 Å². The predicted molar refractivity (Wildman–Crippen MR) is 102 cm³/mol. The fourth-order valence-electron chi connectivity index (χ4n) is 2.98. The van der Waals surface area contributed by atoms with Crippen LogP contribution in [0.3, 0.4) is 0 Å². The molecular formula is C18H23FN4O3S. The van der Waals surface area contributed by atoms with Gasteiger partial charge in [0.15, 0.2) is 11.6 Å². The summed E-state index contributed by atoms with van der Waals surface area (Å²) in [6, 6.07) is 6.96. The first kappa shape index (κ1) is 19.5. The predicted octanol–water partition coefficient (Wildman–Crippen LogP) is 2.15. The smallest absolute Gasteiger partial charge is 0.216 e. The summed E-state index contributed by atoms with van der Waals surface area (Å²) < 4.78 is 46.2. The van der Waals surface area contributed by atoms with E-state index in [-0.39, 0.29) is 11.5 Å². The average Bonchev–Trinajstić information content (AvgIpc) is 2.68. The Kier molecular flexibility index (Phi) is 5.61. The molecule has 0 amide bonds. The fourth-order valence-corrected chi connectivity index (χ4v) is 4.25. The molecule has 0 bridgehead atoms. The molecule has 3 rings (SSSR count). The summed E-state index contributed by atoms with van der Waals surface area (Å²) >= 11 is 0. The summed E-state index contributed by atoms with van der Waals surface area (Å²) in [7, 11) is -1.74. The van der Waals surface area contributed by atoms with Crippen LogP contribution >= 0.6 is 0 Å². The average molecular weight is 394 g/mol. The SMILES string of the molecule is COc1ccc(-c2ncnc(N3CCN(S(=O)(=O)C(C)C)CC3)c2F)cc1. The lowest BCUT2D eigenvalue weighted by Crippen LogP contribution is -2.50. The zero-order chi connectivity index (χ0) is 19.6. The molecule has 7 nitrogen and oxygen atoms in total. The van der Waals surface area contributed by atoms with Gasteiger partial charge in [-0.3, -0.25) is 0 Å². The second-order valence-corrected chi connectivity index (χ2v) is 9.06. The third-order valence-corrected chi connectivity index (χ3v) is 6.90. The minimum atomic E-state index is -3.31. The van der Waals surface area contributed by atoms with Crippen LogP contribution in [0.25, 0.3) is 11.3 Å². The van der Waals surface area contributed by atoms with Crippen molar-refractivity contribution in [1.29, 1.82) is 0 Å². The standard InChI is InChI=1S/C18H23FN4O3S/c1-13(2)27(24,25)23-10-8-22(9-11-23)18-16(19)17(20-12-21-18)14-4-6-15(26-3)7-5-14/h4-7,12-13H,8-11H2,1-3H3. The van der Waals surface area contributed by atoms with E-state index in [0.717, 1.165) is 0 Å². The van der Waals surface area contributed by atoms with Crippen molar-refractivity contribution >= 4 is 15.8 Å². The molecular weight excluding hydrogens is 371 g/mol. The maximum Gasteiger partial charge on any atom is 0.216 e. The molecule has 0 spiro atoms. The molecule has 1 aromatic heterocycles. The number of sulfonamides is 1. The molecule has 0 aliphatic carbocycles. The Morgan fingerprint density at radius 3 is 2.26 bits per heavy atom. The van der Waals surface area contributed by atoms with Gasteiger partial charge in [0.05, 0.1) is 12.4 Å². The number of methoxy groups -OCH3 is 1. The van der Waals surface area contributed by atoms with Crippen LogP contribution in [-0.4, -0.2) is 61.2 Å². The Labute approximate surface area is 158 Å². The molecule has 1 aliphatic heterocycles. The van der Waals surface area contributed by atoms with Crippen molar-refractivity contribution in [3.05, 3.63) is 36.4 Å². The molecule has 2 heterocycles. The normalized spacial score (nSPS) is 16.0. The van der Waals surface area contributed by atoms with E-state index >= 15 is 4.39 Å². The molecule has 27 heavy (non-hydrogen) atoms. The maximum atomic E-state index is 15.1. The van der Waals surface area contributed by atoms with Gasteiger partial charge in [-0.25, -0.2) is 22.8 Å². The van der Waals surface area contributed by atoms with Crippen molar-refractivity contribution in [2.24, 2.45) is 0 Å². The lowest BCUT2D eigenvalue weighted by Gasteiger charge is -2.35. The first-order valence-electron chi connectivity index (χ1n) is 8.73. The zero-order valence-corrected chi connectivity index (χ0v) is 16.4. The number of hydrogen-bond acceptors (Lipinski definition) is 6. The van der Waals surface area contributed by atoms with Crippen molar-refractivity contribution in [3.63, 3.8) is 0 Å². The number of nitrogens with zero attached hydrogens (tertiary/aromatic N) is 4. The molecule has 1 saturated heterocycles. The molecule has 2 aromatic rings.